The summed E-state index contributed by atoms with van der Waals surface area (Å²) in [6.07, 6.45) is 2.81. The molecule has 0 radical (unpaired) electrons. The quantitative estimate of drug-likeness (QED) is 0.582. The molecule has 3 aromatic rings. The van der Waals surface area contributed by atoms with E-state index >= 15 is 0 Å². The maximum Gasteiger partial charge on any atom is 0.314 e. The van der Waals surface area contributed by atoms with Crippen LogP contribution >= 0.6 is 0 Å². The summed E-state index contributed by atoms with van der Waals surface area (Å²) in [5, 5.41) is 7.86. The van der Waals surface area contributed by atoms with E-state index in [-0.39, 0.29) is 5.91 Å². The van der Waals surface area contributed by atoms with Crippen LogP contribution in [-0.2, 0) is 17.9 Å². The van der Waals surface area contributed by atoms with Gasteiger partial charge in [0.05, 0.1) is 18.8 Å². The van der Waals surface area contributed by atoms with Crippen molar-refractivity contribution in [3.8, 4) is 11.3 Å². The Balaban J connectivity index is 1.41. The van der Waals surface area contributed by atoms with Crippen molar-refractivity contribution in [2.45, 2.75) is 19.5 Å². The third kappa shape index (κ3) is 6.20. The Morgan fingerprint density at radius 1 is 0.939 bits per heavy atom. The van der Waals surface area contributed by atoms with E-state index in [4.69, 9.17) is 10.8 Å². The SMILES string of the molecule is NC(=O)N1CCCN(CC(=O)NCc2cn(Cc3ccccc3)nc2-c2ccccc2)CC1. The van der Waals surface area contributed by atoms with Crippen molar-refractivity contribution in [1.29, 1.82) is 0 Å². The lowest BCUT2D eigenvalue weighted by atomic mass is 10.1. The van der Waals surface area contributed by atoms with E-state index in [1.165, 1.54) is 5.56 Å². The van der Waals surface area contributed by atoms with Crippen molar-refractivity contribution < 1.29 is 9.59 Å². The molecule has 0 unspecified atom stereocenters. The van der Waals surface area contributed by atoms with Gasteiger partial charge in [-0.05, 0) is 12.0 Å². The topological polar surface area (TPSA) is 96.5 Å². The van der Waals surface area contributed by atoms with E-state index in [1.807, 2.05) is 59.4 Å². The first-order valence-electron chi connectivity index (χ1n) is 11.3. The van der Waals surface area contributed by atoms with Crippen LogP contribution in [0.1, 0.15) is 17.5 Å². The maximum absolute atomic E-state index is 12.7. The summed E-state index contributed by atoms with van der Waals surface area (Å²) in [7, 11) is 0. The number of hydrogen-bond donors (Lipinski definition) is 2. The Bertz CT molecular complexity index is 1070. The van der Waals surface area contributed by atoms with Crippen molar-refractivity contribution in [3.63, 3.8) is 0 Å². The maximum atomic E-state index is 12.7. The fraction of sp³-hybridized carbons (Fsp3) is 0.320. The first kappa shape index (κ1) is 22.5. The number of urea groups is 1. The van der Waals surface area contributed by atoms with Gasteiger partial charge in [-0.25, -0.2) is 4.79 Å². The molecule has 0 spiro atoms. The van der Waals surface area contributed by atoms with Crippen LogP contribution in [0.4, 0.5) is 4.79 Å². The third-order valence-corrected chi connectivity index (χ3v) is 5.82. The van der Waals surface area contributed by atoms with E-state index < -0.39 is 6.03 Å². The summed E-state index contributed by atoms with van der Waals surface area (Å²) in [6.45, 7) is 3.95. The first-order chi connectivity index (χ1) is 16.1. The number of hydrogen-bond acceptors (Lipinski definition) is 4. The highest BCUT2D eigenvalue weighted by atomic mass is 16.2. The lowest BCUT2D eigenvalue weighted by Crippen LogP contribution is -2.41. The molecule has 0 aliphatic carbocycles. The molecule has 172 valence electrons. The summed E-state index contributed by atoms with van der Waals surface area (Å²) in [4.78, 5) is 27.8. The molecule has 0 saturated carbocycles. The fourth-order valence-corrected chi connectivity index (χ4v) is 4.08. The van der Waals surface area contributed by atoms with Crippen LogP contribution < -0.4 is 11.1 Å². The Morgan fingerprint density at radius 3 is 2.39 bits per heavy atom. The van der Waals surface area contributed by atoms with E-state index in [0.29, 0.717) is 39.3 Å². The number of nitrogens with zero attached hydrogens (tertiary/aromatic N) is 4. The molecule has 4 rings (SSSR count). The van der Waals surface area contributed by atoms with Gasteiger partial charge in [-0.15, -0.1) is 0 Å². The van der Waals surface area contributed by atoms with Crippen LogP contribution in [0.3, 0.4) is 0 Å². The Morgan fingerprint density at radius 2 is 1.67 bits per heavy atom. The Labute approximate surface area is 194 Å². The second-order valence-electron chi connectivity index (χ2n) is 8.28. The fourth-order valence-electron chi connectivity index (χ4n) is 4.08. The standard InChI is InChI=1S/C25H30N6O2/c26-25(33)30-13-7-12-29(14-15-30)19-23(32)27-16-22-18-31(17-20-8-3-1-4-9-20)28-24(22)21-10-5-2-6-11-21/h1-6,8-11,18H,7,12-17,19H2,(H2,26,33)(H,27,32). The van der Waals surface area contributed by atoms with Crippen LogP contribution in [0.5, 0.6) is 0 Å². The van der Waals surface area contributed by atoms with Crippen molar-refractivity contribution in [1.82, 2.24) is 24.9 Å². The average molecular weight is 447 g/mol. The second-order valence-corrected chi connectivity index (χ2v) is 8.28. The smallest absolute Gasteiger partial charge is 0.314 e. The largest absolute Gasteiger partial charge is 0.351 e. The van der Waals surface area contributed by atoms with E-state index in [2.05, 4.69) is 22.3 Å². The van der Waals surface area contributed by atoms with Gasteiger partial charge in [0.1, 0.15) is 0 Å². The van der Waals surface area contributed by atoms with Gasteiger partial charge in [0.2, 0.25) is 5.91 Å². The lowest BCUT2D eigenvalue weighted by Gasteiger charge is -2.20. The van der Waals surface area contributed by atoms with E-state index in [0.717, 1.165) is 29.8 Å². The predicted octanol–water partition coefficient (Wildman–Crippen LogP) is 2.30. The van der Waals surface area contributed by atoms with Gasteiger partial charge >= 0.3 is 6.03 Å². The van der Waals surface area contributed by atoms with Gasteiger partial charge in [-0.1, -0.05) is 60.7 Å². The second kappa shape index (κ2) is 10.8. The molecule has 1 aliphatic rings. The minimum absolute atomic E-state index is 0.0441. The molecule has 8 heteroatoms. The minimum atomic E-state index is -0.401. The molecule has 33 heavy (non-hydrogen) atoms. The summed E-state index contributed by atoms with van der Waals surface area (Å²) >= 11 is 0. The van der Waals surface area contributed by atoms with Crippen LogP contribution in [0.15, 0.2) is 66.9 Å². The lowest BCUT2D eigenvalue weighted by molar-refractivity contribution is -0.122. The number of amides is 3. The number of aromatic nitrogens is 2. The number of benzene rings is 2. The summed E-state index contributed by atoms with van der Waals surface area (Å²) < 4.78 is 1.92. The molecule has 1 fully saturated rings. The van der Waals surface area contributed by atoms with Gasteiger partial charge in [-0.2, -0.15) is 5.10 Å². The Kier molecular flexibility index (Phi) is 7.36. The van der Waals surface area contributed by atoms with Gasteiger partial charge in [0.25, 0.3) is 0 Å². The normalized spacial score (nSPS) is 14.6. The van der Waals surface area contributed by atoms with Crippen molar-refractivity contribution in [2.24, 2.45) is 5.73 Å². The molecule has 1 aromatic heterocycles. The molecular weight excluding hydrogens is 416 g/mol. The number of carbonyl (C=O) groups is 2. The molecule has 2 heterocycles. The number of carbonyl (C=O) groups excluding carboxylic acids is 2. The van der Waals surface area contributed by atoms with Crippen LogP contribution in [0.2, 0.25) is 0 Å². The summed E-state index contributed by atoms with van der Waals surface area (Å²) in [5.74, 6) is -0.0441. The molecule has 3 N–H and O–H groups in total. The highest BCUT2D eigenvalue weighted by Gasteiger charge is 2.19. The van der Waals surface area contributed by atoms with Crippen LogP contribution in [-0.4, -0.2) is 64.2 Å². The van der Waals surface area contributed by atoms with Gasteiger partial charge in [0, 0.05) is 50.0 Å². The molecule has 3 amide bonds. The molecule has 1 aliphatic heterocycles. The highest BCUT2D eigenvalue weighted by Crippen LogP contribution is 2.22. The van der Waals surface area contributed by atoms with Crippen LogP contribution in [0, 0.1) is 0 Å². The van der Waals surface area contributed by atoms with Gasteiger partial charge in [-0.3, -0.25) is 14.4 Å². The van der Waals surface area contributed by atoms with E-state index in [1.54, 1.807) is 4.90 Å². The number of primary amides is 1. The third-order valence-electron chi connectivity index (χ3n) is 5.82. The highest BCUT2D eigenvalue weighted by molar-refractivity contribution is 5.78. The zero-order valence-electron chi connectivity index (χ0n) is 18.7. The summed E-state index contributed by atoms with van der Waals surface area (Å²) in [5.41, 5.74) is 9.43. The Hall–Kier alpha value is -3.65. The zero-order valence-corrected chi connectivity index (χ0v) is 18.7. The van der Waals surface area contributed by atoms with Crippen molar-refractivity contribution >= 4 is 11.9 Å². The zero-order chi connectivity index (χ0) is 23.0. The molecule has 8 nitrogen and oxygen atoms in total. The summed E-state index contributed by atoms with van der Waals surface area (Å²) in [6, 6.07) is 19.8. The van der Waals surface area contributed by atoms with E-state index in [9.17, 15) is 9.59 Å². The minimum Gasteiger partial charge on any atom is -0.351 e. The predicted molar refractivity (Wildman–Crippen MR) is 127 cm³/mol. The first-order valence-corrected chi connectivity index (χ1v) is 11.3. The van der Waals surface area contributed by atoms with Gasteiger partial charge < -0.3 is 16.0 Å². The van der Waals surface area contributed by atoms with Crippen molar-refractivity contribution in [3.05, 3.63) is 78.0 Å². The average Bonchev–Trinajstić information content (AvgIpc) is 3.07. The number of nitrogens with two attached hydrogens (primary N) is 1. The number of rotatable bonds is 7. The number of nitrogens with one attached hydrogen (secondary N) is 1. The molecular formula is C25H30N6O2. The monoisotopic (exact) mass is 446 g/mol. The molecule has 0 bridgehead atoms. The van der Waals surface area contributed by atoms with Crippen LogP contribution in [0.25, 0.3) is 11.3 Å². The molecule has 2 aromatic carbocycles. The molecule has 1 saturated heterocycles. The van der Waals surface area contributed by atoms with Gasteiger partial charge in [0.15, 0.2) is 0 Å². The molecule has 0 atom stereocenters. The van der Waals surface area contributed by atoms with Crippen molar-refractivity contribution in [2.75, 3.05) is 32.7 Å².